The fraction of sp³-hybridized carbons (Fsp3) is 0.462. The van der Waals surface area contributed by atoms with Crippen molar-refractivity contribution in [2.24, 2.45) is 5.92 Å². The van der Waals surface area contributed by atoms with Crippen LogP contribution in [0, 0.1) is 16.0 Å². The number of hydrogen-bond acceptors (Lipinski definition) is 6. The second-order valence-corrected chi connectivity index (χ2v) is 10.9. The number of nitrogens with zero attached hydrogens (tertiary/aromatic N) is 2. The summed E-state index contributed by atoms with van der Waals surface area (Å²) in [6.07, 6.45) is 3.69. The second kappa shape index (κ2) is 5.93. The summed E-state index contributed by atoms with van der Waals surface area (Å²) < 4.78 is 6.53. The Kier molecular flexibility index (Phi) is 3.35. The first-order valence-corrected chi connectivity index (χ1v) is 12.2. The van der Waals surface area contributed by atoms with Crippen molar-refractivity contribution in [2.45, 2.75) is 55.3 Å². The molecule has 0 radical (unpaired) electrons. The Bertz CT molecular complexity index is 1430. The number of ether oxygens (including phenoxy) is 1. The molecular formula is C26H25N3O5. The summed E-state index contributed by atoms with van der Waals surface area (Å²) in [6.45, 7) is 1.85. The minimum atomic E-state index is -1.15. The quantitative estimate of drug-likeness (QED) is 0.408. The van der Waals surface area contributed by atoms with Gasteiger partial charge in [0.05, 0.1) is 32.5 Å². The number of aromatic hydroxyl groups is 1. The maximum absolute atomic E-state index is 12.8. The third-order valence-electron chi connectivity index (χ3n) is 9.36. The number of rotatable bonds is 3. The molecule has 5 aliphatic rings. The van der Waals surface area contributed by atoms with Gasteiger partial charge in [0, 0.05) is 30.6 Å². The summed E-state index contributed by atoms with van der Waals surface area (Å²) in [5, 5.41) is 36.0. The predicted molar refractivity (Wildman–Crippen MR) is 123 cm³/mol. The van der Waals surface area contributed by atoms with Gasteiger partial charge in [-0.05, 0) is 61.4 Å². The van der Waals surface area contributed by atoms with Crippen molar-refractivity contribution < 1.29 is 19.9 Å². The van der Waals surface area contributed by atoms with Crippen molar-refractivity contribution in [3.8, 4) is 11.5 Å². The van der Waals surface area contributed by atoms with Crippen molar-refractivity contribution in [3.63, 3.8) is 0 Å². The number of fused-ring (bicyclic) bond motifs is 4. The maximum atomic E-state index is 12.8. The molecule has 1 saturated heterocycles. The average molecular weight is 460 g/mol. The molecule has 1 aromatic heterocycles. The third-order valence-corrected chi connectivity index (χ3v) is 9.36. The predicted octanol–water partition coefficient (Wildman–Crippen LogP) is 3.48. The molecule has 1 saturated carbocycles. The molecule has 34 heavy (non-hydrogen) atoms. The van der Waals surface area contributed by atoms with Crippen molar-refractivity contribution >= 4 is 16.6 Å². The molecule has 8 heteroatoms. The zero-order valence-corrected chi connectivity index (χ0v) is 18.6. The van der Waals surface area contributed by atoms with Crippen molar-refractivity contribution in [2.75, 3.05) is 13.1 Å². The van der Waals surface area contributed by atoms with Crippen LogP contribution in [0.1, 0.15) is 47.8 Å². The van der Waals surface area contributed by atoms with Gasteiger partial charge in [0.15, 0.2) is 17.6 Å². The first-order chi connectivity index (χ1) is 16.4. The topological polar surface area (TPSA) is 112 Å². The number of piperidine rings is 1. The smallest absolute Gasteiger partial charge is 0.279 e. The molecule has 4 atom stereocenters. The van der Waals surface area contributed by atoms with E-state index in [9.17, 15) is 20.3 Å². The summed E-state index contributed by atoms with van der Waals surface area (Å²) in [6, 6.07) is 8.65. The largest absolute Gasteiger partial charge is 0.504 e. The molecule has 8 rings (SSSR count). The van der Waals surface area contributed by atoms with Gasteiger partial charge in [0.2, 0.25) is 0 Å². The monoisotopic (exact) mass is 459 g/mol. The lowest BCUT2D eigenvalue weighted by molar-refractivity contribution is -0.383. The van der Waals surface area contributed by atoms with Gasteiger partial charge in [-0.15, -0.1) is 0 Å². The number of phenolic OH excluding ortho intramolecular Hbond substituents is 1. The van der Waals surface area contributed by atoms with Gasteiger partial charge >= 0.3 is 0 Å². The van der Waals surface area contributed by atoms with Gasteiger partial charge in [-0.25, -0.2) is 0 Å². The standard InChI is InChI=1S/C26H25N3O5/c30-18-7-6-14-10-19-26(31)11-15-20-16(2-1-3-17(20)29(32)33)27-22(15)24-25(26,21(14)23(18)34-24)8-9-28(19)12-13-4-5-13/h1-3,6-7,13,19,24,27,30-31H,4-5,8-12H2/t19-,24+,25+,26-/m1/s1. The van der Waals surface area contributed by atoms with Crippen LogP contribution in [0.4, 0.5) is 5.69 Å². The van der Waals surface area contributed by atoms with Crippen LogP contribution in [0.15, 0.2) is 30.3 Å². The van der Waals surface area contributed by atoms with E-state index in [0.717, 1.165) is 41.9 Å². The minimum Gasteiger partial charge on any atom is -0.504 e. The SMILES string of the molecule is O=[N+]([O-])c1cccc2[nH]c3c(c12)C[C@@]1(O)[C@H]2Cc4ccc(O)c5c4[C@@]1(CCN2CC1CC1)[C@H]3O5. The highest BCUT2D eigenvalue weighted by Crippen LogP contribution is 2.69. The zero-order chi connectivity index (χ0) is 23.0. The van der Waals surface area contributed by atoms with E-state index < -0.39 is 17.1 Å². The van der Waals surface area contributed by atoms with E-state index in [0.29, 0.717) is 35.4 Å². The number of non-ortho nitro benzene ring substituents is 1. The van der Waals surface area contributed by atoms with Gasteiger partial charge in [0.25, 0.3) is 5.69 Å². The van der Waals surface area contributed by atoms with Crippen LogP contribution in [-0.4, -0.2) is 49.8 Å². The molecule has 0 amide bonds. The van der Waals surface area contributed by atoms with Crippen LogP contribution >= 0.6 is 0 Å². The minimum absolute atomic E-state index is 0.0457. The summed E-state index contributed by atoms with van der Waals surface area (Å²) in [5.74, 6) is 1.25. The molecule has 0 unspecified atom stereocenters. The molecule has 174 valence electrons. The Morgan fingerprint density at radius 2 is 2.12 bits per heavy atom. The summed E-state index contributed by atoms with van der Waals surface area (Å²) >= 11 is 0. The van der Waals surface area contributed by atoms with Gasteiger partial charge in [-0.1, -0.05) is 12.1 Å². The van der Waals surface area contributed by atoms with E-state index in [1.165, 1.54) is 18.9 Å². The van der Waals surface area contributed by atoms with Crippen LogP contribution in [0.25, 0.3) is 10.9 Å². The first-order valence-electron chi connectivity index (χ1n) is 12.2. The summed E-state index contributed by atoms with van der Waals surface area (Å²) in [4.78, 5) is 17.5. The highest BCUT2D eigenvalue weighted by molar-refractivity contribution is 5.94. The molecule has 3 aliphatic carbocycles. The highest BCUT2D eigenvalue weighted by Gasteiger charge is 2.73. The van der Waals surface area contributed by atoms with Gasteiger partial charge in [-0.3, -0.25) is 15.0 Å². The van der Waals surface area contributed by atoms with E-state index in [2.05, 4.69) is 9.88 Å². The number of aromatic amines is 1. The lowest BCUT2D eigenvalue weighted by Gasteiger charge is -2.62. The molecule has 1 spiro atoms. The Balaban J connectivity index is 1.43. The Hall–Kier alpha value is -3.10. The number of H-pyrrole nitrogens is 1. The van der Waals surface area contributed by atoms with E-state index in [1.807, 2.05) is 12.1 Å². The second-order valence-electron chi connectivity index (χ2n) is 10.9. The molecule has 8 nitrogen and oxygen atoms in total. The van der Waals surface area contributed by atoms with Gasteiger partial charge < -0.3 is 19.9 Å². The third kappa shape index (κ3) is 2.04. The molecule has 2 fully saturated rings. The van der Waals surface area contributed by atoms with Crippen LogP contribution < -0.4 is 4.74 Å². The number of phenols is 1. The lowest BCUT2D eigenvalue weighted by atomic mass is 9.49. The molecule has 3 N–H and O–H groups in total. The number of likely N-dealkylation sites (tertiary alicyclic amines) is 1. The van der Waals surface area contributed by atoms with Gasteiger partial charge in [0.1, 0.15) is 0 Å². The number of hydrogen-bond donors (Lipinski definition) is 3. The molecule has 2 aromatic carbocycles. The number of nitro groups is 1. The summed E-state index contributed by atoms with van der Waals surface area (Å²) in [7, 11) is 0. The molecule has 3 heterocycles. The lowest BCUT2D eigenvalue weighted by Crippen LogP contribution is -2.74. The molecular weight excluding hydrogens is 434 g/mol. The maximum Gasteiger partial charge on any atom is 0.279 e. The number of aliphatic hydroxyl groups is 1. The normalized spacial score (nSPS) is 32.9. The Labute approximate surface area is 195 Å². The Morgan fingerprint density at radius 3 is 2.91 bits per heavy atom. The van der Waals surface area contributed by atoms with Crippen LogP contribution in [-0.2, 0) is 18.3 Å². The number of aromatic nitrogens is 1. The van der Waals surface area contributed by atoms with E-state index >= 15 is 0 Å². The van der Waals surface area contributed by atoms with Crippen LogP contribution in [0.2, 0.25) is 0 Å². The number of nitro benzene ring substituents is 1. The molecule has 2 aliphatic heterocycles. The zero-order valence-electron chi connectivity index (χ0n) is 18.6. The highest BCUT2D eigenvalue weighted by atomic mass is 16.6. The van der Waals surface area contributed by atoms with E-state index in [-0.39, 0.29) is 22.4 Å². The fourth-order valence-electron chi connectivity index (χ4n) is 7.82. The average Bonchev–Trinajstić information content (AvgIpc) is 3.44. The Morgan fingerprint density at radius 1 is 1.26 bits per heavy atom. The summed E-state index contributed by atoms with van der Waals surface area (Å²) in [5.41, 5.74) is 2.55. The fourth-order valence-corrected chi connectivity index (χ4v) is 7.82. The van der Waals surface area contributed by atoms with Gasteiger partial charge in [-0.2, -0.15) is 0 Å². The number of nitrogens with one attached hydrogen (secondary N) is 1. The van der Waals surface area contributed by atoms with Crippen molar-refractivity contribution in [3.05, 3.63) is 62.8 Å². The molecule has 3 aromatic rings. The van der Waals surface area contributed by atoms with Crippen molar-refractivity contribution in [1.82, 2.24) is 9.88 Å². The van der Waals surface area contributed by atoms with E-state index in [4.69, 9.17) is 4.74 Å². The van der Waals surface area contributed by atoms with E-state index in [1.54, 1.807) is 12.1 Å². The first kappa shape index (κ1) is 19.2. The van der Waals surface area contributed by atoms with Crippen LogP contribution in [0.5, 0.6) is 11.5 Å². The van der Waals surface area contributed by atoms with Crippen molar-refractivity contribution in [1.29, 1.82) is 0 Å². The molecule has 2 bridgehead atoms. The number of benzene rings is 2. The van der Waals surface area contributed by atoms with Crippen LogP contribution in [0.3, 0.4) is 0 Å².